The molecule has 0 atom stereocenters. The molecule has 0 unspecified atom stereocenters. The number of hydrogen-bond donors (Lipinski definition) is 2. The van der Waals surface area contributed by atoms with Crippen LogP contribution < -0.4 is 11.1 Å². The largest absolute Gasteiger partial charge is 0.397 e. The maximum absolute atomic E-state index is 13.0. The van der Waals surface area contributed by atoms with Crippen LogP contribution in [-0.2, 0) is 19.5 Å². The van der Waals surface area contributed by atoms with Crippen LogP contribution in [0.5, 0.6) is 0 Å². The summed E-state index contributed by atoms with van der Waals surface area (Å²) in [6, 6.07) is 18.1. The van der Waals surface area contributed by atoms with Gasteiger partial charge in [0.25, 0.3) is 5.91 Å². The van der Waals surface area contributed by atoms with Gasteiger partial charge in [-0.2, -0.15) is 0 Å². The molecule has 0 spiro atoms. The molecule has 1 amide bonds. The number of hydrogen-bond acceptors (Lipinski definition) is 5. The minimum Gasteiger partial charge on any atom is -0.397 e. The fourth-order valence-corrected chi connectivity index (χ4v) is 5.29. The van der Waals surface area contributed by atoms with Crippen LogP contribution in [0.2, 0.25) is 5.02 Å². The summed E-state index contributed by atoms with van der Waals surface area (Å²) in [7, 11) is 0. The number of halogens is 1. The van der Waals surface area contributed by atoms with Crippen molar-refractivity contribution in [2.24, 2.45) is 0 Å². The topological polar surface area (TPSA) is 71.2 Å². The van der Waals surface area contributed by atoms with Gasteiger partial charge in [0.1, 0.15) is 9.71 Å². The fraction of sp³-hybridized carbons (Fsp3) is 0.200. The Hall–Kier alpha value is -2.93. The molecule has 3 N–H and O–H groups in total. The number of pyridine rings is 1. The fourth-order valence-electron chi connectivity index (χ4n) is 4.12. The molecule has 1 aliphatic heterocycles. The Bertz CT molecular complexity index is 1320. The third-order valence-electron chi connectivity index (χ3n) is 5.92. The third kappa shape index (κ3) is 3.97. The highest BCUT2D eigenvalue weighted by atomic mass is 35.5. The number of amides is 1. The molecule has 0 fully saturated rings. The number of nitrogens with one attached hydrogen (secondary N) is 1. The van der Waals surface area contributed by atoms with Crippen molar-refractivity contribution in [3.8, 4) is 0 Å². The molecule has 5 rings (SSSR count). The number of nitrogens with zero attached hydrogens (tertiary/aromatic N) is 2. The van der Waals surface area contributed by atoms with Gasteiger partial charge in [-0.05, 0) is 41.8 Å². The van der Waals surface area contributed by atoms with Gasteiger partial charge in [-0.3, -0.25) is 9.69 Å². The molecule has 32 heavy (non-hydrogen) atoms. The first kappa shape index (κ1) is 20.9. The summed E-state index contributed by atoms with van der Waals surface area (Å²) in [5.74, 6) is -0.237. The standard InChI is InChI=1S/C25H23ClN4OS/c1-15-19(26)8-5-9-20(15)28-24(31)23-22(27)18-12-17-14-30(13-16-6-3-2-4-7-16)11-10-21(17)29-25(18)32-23/h2-9,12H,10-11,13-14,27H2,1H3,(H,28,31). The zero-order valence-electron chi connectivity index (χ0n) is 17.7. The minimum atomic E-state index is -0.237. The van der Waals surface area contributed by atoms with E-state index in [0.717, 1.165) is 47.5 Å². The van der Waals surface area contributed by atoms with Gasteiger partial charge in [0.05, 0.1) is 5.69 Å². The van der Waals surface area contributed by atoms with E-state index in [2.05, 4.69) is 40.5 Å². The molecule has 2 aromatic carbocycles. The summed E-state index contributed by atoms with van der Waals surface area (Å²) in [6.07, 6.45) is 0.888. The van der Waals surface area contributed by atoms with Crippen LogP contribution in [0.3, 0.4) is 0 Å². The molecular formula is C25H23ClN4OS. The number of anilines is 2. The van der Waals surface area contributed by atoms with E-state index in [1.54, 1.807) is 6.07 Å². The molecule has 0 radical (unpaired) electrons. The minimum absolute atomic E-state index is 0.237. The number of carbonyl (C=O) groups is 1. The SMILES string of the molecule is Cc1c(Cl)cccc1NC(=O)c1sc2nc3c(cc2c1N)CN(Cc1ccccc1)CC3. The monoisotopic (exact) mass is 462 g/mol. The maximum Gasteiger partial charge on any atom is 0.267 e. The molecule has 0 bridgehead atoms. The number of nitrogen functional groups attached to an aromatic ring is 1. The molecule has 162 valence electrons. The molecule has 0 saturated heterocycles. The van der Waals surface area contributed by atoms with Crippen molar-refractivity contribution >= 4 is 50.4 Å². The number of thiophene rings is 1. The van der Waals surface area contributed by atoms with E-state index in [0.29, 0.717) is 21.3 Å². The van der Waals surface area contributed by atoms with Crippen LogP contribution in [0.4, 0.5) is 11.4 Å². The summed E-state index contributed by atoms with van der Waals surface area (Å²) in [4.78, 5) is 21.6. The van der Waals surface area contributed by atoms with Gasteiger partial charge in [0.15, 0.2) is 0 Å². The van der Waals surface area contributed by atoms with E-state index in [9.17, 15) is 4.79 Å². The lowest BCUT2D eigenvalue weighted by molar-refractivity contribution is 0.103. The van der Waals surface area contributed by atoms with Crippen molar-refractivity contribution in [1.29, 1.82) is 0 Å². The first-order valence-electron chi connectivity index (χ1n) is 10.5. The normalized spacial score (nSPS) is 13.8. The number of aromatic nitrogens is 1. The van der Waals surface area contributed by atoms with Crippen LogP contribution in [-0.4, -0.2) is 22.3 Å². The molecule has 1 aliphatic rings. The average Bonchev–Trinajstić information content (AvgIpc) is 3.12. The predicted octanol–water partition coefficient (Wildman–Crippen LogP) is 5.65. The molecule has 0 saturated carbocycles. The predicted molar refractivity (Wildman–Crippen MR) is 132 cm³/mol. The first-order valence-corrected chi connectivity index (χ1v) is 11.7. The first-order chi connectivity index (χ1) is 15.5. The maximum atomic E-state index is 13.0. The van der Waals surface area contributed by atoms with E-state index in [4.69, 9.17) is 22.3 Å². The van der Waals surface area contributed by atoms with E-state index in [1.165, 1.54) is 22.5 Å². The van der Waals surface area contributed by atoms with Crippen LogP contribution in [0.1, 0.15) is 32.1 Å². The van der Waals surface area contributed by atoms with Crippen molar-refractivity contribution in [1.82, 2.24) is 9.88 Å². The summed E-state index contributed by atoms with van der Waals surface area (Å²) in [6.45, 7) is 4.57. The van der Waals surface area contributed by atoms with Gasteiger partial charge in [0, 0.05) is 47.8 Å². The Kier molecular flexibility index (Phi) is 5.59. The lowest BCUT2D eigenvalue weighted by Crippen LogP contribution is -2.30. The molecule has 4 aromatic rings. The van der Waals surface area contributed by atoms with Crippen LogP contribution >= 0.6 is 22.9 Å². The Balaban J connectivity index is 1.41. The Morgan fingerprint density at radius 1 is 1.22 bits per heavy atom. The number of carbonyl (C=O) groups excluding carboxylic acids is 1. The van der Waals surface area contributed by atoms with Gasteiger partial charge in [-0.15, -0.1) is 11.3 Å². The second kappa shape index (κ2) is 8.54. The van der Waals surface area contributed by atoms with E-state index in [-0.39, 0.29) is 5.91 Å². The molecule has 0 aliphatic carbocycles. The Labute approximate surface area is 195 Å². The summed E-state index contributed by atoms with van der Waals surface area (Å²) in [5, 5.41) is 4.41. The van der Waals surface area contributed by atoms with Crippen LogP contribution in [0.15, 0.2) is 54.6 Å². The van der Waals surface area contributed by atoms with Gasteiger partial charge >= 0.3 is 0 Å². The van der Waals surface area contributed by atoms with Crippen LogP contribution in [0, 0.1) is 6.92 Å². The Morgan fingerprint density at radius 3 is 2.84 bits per heavy atom. The van der Waals surface area contributed by atoms with Crippen molar-refractivity contribution in [2.45, 2.75) is 26.4 Å². The summed E-state index contributed by atoms with van der Waals surface area (Å²) >= 11 is 7.53. The van der Waals surface area contributed by atoms with Crippen LogP contribution in [0.25, 0.3) is 10.2 Å². The molecule has 2 aromatic heterocycles. The van der Waals surface area contributed by atoms with Gasteiger partial charge < -0.3 is 11.1 Å². The van der Waals surface area contributed by atoms with Crippen molar-refractivity contribution in [3.63, 3.8) is 0 Å². The van der Waals surface area contributed by atoms with Gasteiger partial charge in [-0.1, -0.05) is 48.0 Å². The van der Waals surface area contributed by atoms with Crippen molar-refractivity contribution < 1.29 is 4.79 Å². The van der Waals surface area contributed by atoms with E-state index >= 15 is 0 Å². The summed E-state index contributed by atoms with van der Waals surface area (Å²) < 4.78 is 0. The van der Waals surface area contributed by atoms with E-state index < -0.39 is 0 Å². The zero-order chi connectivity index (χ0) is 22.2. The second-order valence-electron chi connectivity index (χ2n) is 8.10. The highest BCUT2D eigenvalue weighted by Gasteiger charge is 2.23. The van der Waals surface area contributed by atoms with Crippen molar-refractivity contribution in [2.75, 3.05) is 17.6 Å². The van der Waals surface area contributed by atoms with Gasteiger partial charge in [-0.25, -0.2) is 4.98 Å². The smallest absolute Gasteiger partial charge is 0.267 e. The lowest BCUT2D eigenvalue weighted by atomic mass is 10.0. The average molecular weight is 463 g/mol. The van der Waals surface area contributed by atoms with Gasteiger partial charge in [0.2, 0.25) is 0 Å². The highest BCUT2D eigenvalue weighted by Crippen LogP contribution is 2.36. The van der Waals surface area contributed by atoms with Crippen molar-refractivity contribution in [3.05, 3.63) is 86.9 Å². The number of rotatable bonds is 4. The highest BCUT2D eigenvalue weighted by molar-refractivity contribution is 7.21. The Morgan fingerprint density at radius 2 is 2.03 bits per heavy atom. The number of nitrogens with two attached hydrogens (primary N) is 1. The quantitative estimate of drug-likeness (QED) is 0.411. The molecule has 7 heteroatoms. The molecule has 5 nitrogen and oxygen atoms in total. The molecular weight excluding hydrogens is 440 g/mol. The number of benzene rings is 2. The second-order valence-corrected chi connectivity index (χ2v) is 9.51. The van der Waals surface area contributed by atoms with E-state index in [1.807, 2.05) is 25.1 Å². The third-order valence-corrected chi connectivity index (χ3v) is 7.44. The lowest BCUT2D eigenvalue weighted by Gasteiger charge is -2.28. The summed E-state index contributed by atoms with van der Waals surface area (Å²) in [5.41, 5.74) is 12.0. The number of fused-ring (bicyclic) bond motifs is 2. The zero-order valence-corrected chi connectivity index (χ0v) is 19.3. The molecule has 3 heterocycles.